The number of hydrogen-bond acceptors (Lipinski definition) is 8. The Hall–Kier alpha value is -3.02. The number of ether oxygens (including phenoxy) is 1. The second kappa shape index (κ2) is 13.8. The largest absolute Gasteiger partial charge is 0.444 e. The molecule has 1 aromatic heterocycles. The zero-order chi connectivity index (χ0) is 30.4. The van der Waals surface area contributed by atoms with Crippen LogP contribution in [0.25, 0.3) is 10.4 Å². The fraction of sp³-hybridized carbons (Fsp3) is 0.600. The van der Waals surface area contributed by atoms with Crippen molar-refractivity contribution in [3.8, 4) is 10.4 Å². The summed E-state index contributed by atoms with van der Waals surface area (Å²) in [5.74, 6) is -0.358. The number of aromatic nitrogens is 1. The molecule has 0 aliphatic carbocycles. The Balaban J connectivity index is 1.54. The van der Waals surface area contributed by atoms with Crippen molar-refractivity contribution in [3.63, 3.8) is 0 Å². The molecule has 0 radical (unpaired) electrons. The van der Waals surface area contributed by atoms with Crippen LogP contribution in [-0.4, -0.2) is 76.3 Å². The molecule has 0 saturated carbocycles. The minimum Gasteiger partial charge on any atom is -0.444 e. The Morgan fingerprint density at radius 3 is 2.39 bits per heavy atom. The Labute approximate surface area is 247 Å². The zero-order valence-electron chi connectivity index (χ0n) is 25.2. The van der Waals surface area contributed by atoms with Crippen molar-refractivity contribution in [2.75, 3.05) is 19.6 Å². The monoisotopic (exact) mass is 587 g/mol. The van der Waals surface area contributed by atoms with Crippen LogP contribution in [0.4, 0.5) is 4.79 Å². The molecule has 3 atom stereocenters. The highest BCUT2D eigenvalue weighted by atomic mass is 32.1. The first-order valence-corrected chi connectivity index (χ1v) is 15.0. The van der Waals surface area contributed by atoms with E-state index in [4.69, 9.17) is 4.74 Å². The molecule has 1 aliphatic heterocycles. The Bertz CT molecular complexity index is 1190. The van der Waals surface area contributed by atoms with Gasteiger partial charge in [-0.3, -0.25) is 14.5 Å². The molecule has 3 amide bonds. The number of alkyl carbamates (subject to hydrolysis) is 1. The van der Waals surface area contributed by atoms with Crippen molar-refractivity contribution < 1.29 is 24.2 Å². The van der Waals surface area contributed by atoms with Gasteiger partial charge in [0.2, 0.25) is 11.8 Å². The molecule has 1 saturated heterocycles. The predicted molar refractivity (Wildman–Crippen MR) is 160 cm³/mol. The summed E-state index contributed by atoms with van der Waals surface area (Å²) in [6.07, 6.45) is -0.759. The quantitative estimate of drug-likeness (QED) is 0.334. The molecule has 10 nitrogen and oxygen atoms in total. The highest BCUT2D eigenvalue weighted by Gasteiger charge is 2.39. The van der Waals surface area contributed by atoms with Crippen LogP contribution in [0, 0.1) is 12.3 Å². The normalized spacial score (nSPS) is 18.5. The van der Waals surface area contributed by atoms with E-state index in [2.05, 4.69) is 20.9 Å². The number of aliphatic hydroxyl groups excluding tert-OH is 1. The lowest BCUT2D eigenvalue weighted by Gasteiger charge is -2.36. The lowest BCUT2D eigenvalue weighted by Crippen LogP contribution is -2.54. The van der Waals surface area contributed by atoms with E-state index in [9.17, 15) is 19.5 Å². The molecule has 41 heavy (non-hydrogen) atoms. The van der Waals surface area contributed by atoms with E-state index >= 15 is 0 Å². The summed E-state index contributed by atoms with van der Waals surface area (Å²) in [7, 11) is 0. The van der Waals surface area contributed by atoms with Gasteiger partial charge in [-0.2, -0.15) is 0 Å². The van der Waals surface area contributed by atoms with E-state index in [-0.39, 0.29) is 36.2 Å². The van der Waals surface area contributed by atoms with E-state index in [1.54, 1.807) is 32.1 Å². The average Bonchev–Trinajstić information content (AvgIpc) is 3.45. The second-order valence-corrected chi connectivity index (χ2v) is 13.6. The highest BCUT2D eigenvalue weighted by molar-refractivity contribution is 7.13. The summed E-state index contributed by atoms with van der Waals surface area (Å²) in [5.41, 5.74) is 3.99. The third kappa shape index (κ3) is 10.1. The van der Waals surface area contributed by atoms with Crippen molar-refractivity contribution in [2.45, 2.75) is 91.6 Å². The summed E-state index contributed by atoms with van der Waals surface area (Å²) in [6, 6.07) is 7.29. The molecule has 4 N–H and O–H groups in total. The Morgan fingerprint density at radius 1 is 1.12 bits per heavy atom. The Morgan fingerprint density at radius 2 is 1.80 bits per heavy atom. The average molecular weight is 588 g/mol. The van der Waals surface area contributed by atoms with Crippen molar-refractivity contribution in [1.29, 1.82) is 0 Å². The van der Waals surface area contributed by atoms with Gasteiger partial charge in [0.05, 0.1) is 28.2 Å². The number of carbonyl (C=O) groups is 3. The molecule has 3 unspecified atom stereocenters. The minimum atomic E-state index is -0.623. The van der Waals surface area contributed by atoms with Crippen LogP contribution < -0.4 is 16.0 Å². The molecule has 2 heterocycles. The maximum Gasteiger partial charge on any atom is 0.407 e. The van der Waals surface area contributed by atoms with Gasteiger partial charge >= 0.3 is 6.09 Å². The van der Waals surface area contributed by atoms with Gasteiger partial charge in [0.1, 0.15) is 5.60 Å². The lowest BCUT2D eigenvalue weighted by molar-refractivity contribution is -0.126. The SMILES string of the molecule is Cc1ncsc1-c1ccc(CNC(=O)C2CC(O)CN2CC(NC(=O)CCNC(=O)OC(C)(C)C)C(C)(C)C)cc1. The van der Waals surface area contributed by atoms with Gasteiger partial charge in [-0.1, -0.05) is 45.0 Å². The number of β-amino-alcohol motifs (C(OH)–C–C–N with tert-alkyl or cyclic N) is 1. The number of amides is 3. The molecular weight excluding hydrogens is 542 g/mol. The van der Waals surface area contributed by atoms with Crippen molar-refractivity contribution in [1.82, 2.24) is 25.8 Å². The molecule has 1 aromatic carbocycles. The van der Waals surface area contributed by atoms with Crippen LogP contribution in [0.5, 0.6) is 0 Å². The fourth-order valence-electron chi connectivity index (χ4n) is 4.64. The molecular formula is C30H45N5O5S. The van der Waals surface area contributed by atoms with Crippen molar-refractivity contribution in [2.24, 2.45) is 5.41 Å². The molecule has 1 fully saturated rings. The van der Waals surface area contributed by atoms with Crippen molar-refractivity contribution >= 4 is 29.2 Å². The molecule has 3 rings (SSSR count). The number of carbonyl (C=O) groups excluding carboxylic acids is 3. The third-order valence-electron chi connectivity index (χ3n) is 6.93. The maximum absolute atomic E-state index is 13.2. The number of aliphatic hydroxyl groups is 1. The number of hydrogen-bond donors (Lipinski definition) is 4. The number of nitrogens with zero attached hydrogens (tertiary/aromatic N) is 2. The number of nitrogens with one attached hydrogen (secondary N) is 3. The third-order valence-corrected chi connectivity index (χ3v) is 7.91. The fourth-order valence-corrected chi connectivity index (χ4v) is 5.45. The second-order valence-electron chi connectivity index (χ2n) is 12.7. The first-order chi connectivity index (χ1) is 19.1. The number of thiazole rings is 1. The molecule has 1 aliphatic rings. The van der Waals surface area contributed by atoms with E-state index in [1.807, 2.05) is 62.4 Å². The number of benzene rings is 1. The van der Waals surface area contributed by atoms with Crippen LogP contribution in [0.2, 0.25) is 0 Å². The van der Waals surface area contributed by atoms with E-state index in [1.165, 1.54) is 0 Å². The van der Waals surface area contributed by atoms with Gasteiger partial charge in [-0.05, 0) is 50.7 Å². The number of aryl methyl sites for hydroxylation is 1. The van der Waals surface area contributed by atoms with Gasteiger partial charge in [0, 0.05) is 38.6 Å². The molecule has 2 aromatic rings. The van der Waals surface area contributed by atoms with Crippen LogP contribution in [0.15, 0.2) is 29.8 Å². The topological polar surface area (TPSA) is 133 Å². The number of likely N-dealkylation sites (tertiary alicyclic amines) is 1. The molecule has 226 valence electrons. The summed E-state index contributed by atoms with van der Waals surface area (Å²) in [4.78, 5) is 45.2. The highest BCUT2D eigenvalue weighted by Crippen LogP contribution is 2.28. The lowest BCUT2D eigenvalue weighted by atomic mass is 9.86. The van der Waals surface area contributed by atoms with E-state index in [0.29, 0.717) is 26.1 Å². The first-order valence-electron chi connectivity index (χ1n) is 14.1. The molecule has 0 spiro atoms. The van der Waals surface area contributed by atoms with E-state index < -0.39 is 23.8 Å². The summed E-state index contributed by atoms with van der Waals surface area (Å²) >= 11 is 1.60. The predicted octanol–water partition coefficient (Wildman–Crippen LogP) is 3.62. The summed E-state index contributed by atoms with van der Waals surface area (Å²) < 4.78 is 5.21. The van der Waals surface area contributed by atoms with Crippen LogP contribution in [-0.2, 0) is 20.9 Å². The maximum atomic E-state index is 13.2. The Kier molecular flexibility index (Phi) is 10.9. The smallest absolute Gasteiger partial charge is 0.407 e. The van der Waals surface area contributed by atoms with Gasteiger partial charge in [-0.15, -0.1) is 11.3 Å². The number of rotatable bonds is 10. The van der Waals surface area contributed by atoms with Crippen molar-refractivity contribution in [3.05, 3.63) is 41.0 Å². The zero-order valence-corrected chi connectivity index (χ0v) is 26.1. The van der Waals surface area contributed by atoms with Gasteiger partial charge in [-0.25, -0.2) is 9.78 Å². The summed E-state index contributed by atoms with van der Waals surface area (Å²) in [5, 5.41) is 19.1. The van der Waals surface area contributed by atoms with Crippen LogP contribution in [0.1, 0.15) is 65.6 Å². The van der Waals surface area contributed by atoms with E-state index in [0.717, 1.165) is 21.7 Å². The molecule has 0 bridgehead atoms. The summed E-state index contributed by atoms with van der Waals surface area (Å²) in [6.45, 7) is 14.7. The standard InChI is InChI=1S/C30H45N5O5S/c1-19-26(41-18-33-19)21-10-8-20(9-11-21)15-32-27(38)23-14-22(36)16-35(23)17-24(29(2,3)4)34-25(37)12-13-31-28(39)40-30(5,6)7/h8-11,18,22-24,36H,12-17H2,1-7H3,(H,31,39)(H,32,38)(H,34,37). The van der Waals surface area contributed by atoms with Gasteiger partial charge in [0.25, 0.3) is 0 Å². The van der Waals surface area contributed by atoms with Gasteiger partial charge in [0.15, 0.2) is 0 Å². The minimum absolute atomic E-state index is 0.0969. The van der Waals surface area contributed by atoms with Crippen LogP contribution in [0.3, 0.4) is 0 Å². The first kappa shape index (κ1) is 32.5. The molecule has 11 heteroatoms. The van der Waals surface area contributed by atoms with Crippen LogP contribution >= 0.6 is 11.3 Å². The van der Waals surface area contributed by atoms with Gasteiger partial charge < -0.3 is 25.8 Å².